The number of hydrogen-bond donors (Lipinski definition) is 1. The fraction of sp³-hybridized carbons (Fsp3) is 0.0833. The van der Waals surface area contributed by atoms with E-state index in [-0.39, 0.29) is 21.7 Å². The zero-order chi connectivity index (χ0) is 15.1. The van der Waals surface area contributed by atoms with Gasteiger partial charge in [-0.15, -0.1) is 0 Å². The summed E-state index contributed by atoms with van der Waals surface area (Å²) in [6.07, 6.45) is -4.32. The molecule has 3 nitrogen and oxygen atoms in total. The maximum atomic E-state index is 13.0. The minimum atomic E-state index is -4.68. The smallest absolute Gasteiger partial charge is 0.422 e. The first-order chi connectivity index (χ1) is 9.20. The topological polar surface area (TPSA) is 53.0 Å². The Balaban J connectivity index is 2.61. The van der Waals surface area contributed by atoms with Crippen molar-refractivity contribution in [2.24, 2.45) is 0 Å². The van der Waals surface area contributed by atoms with E-state index in [2.05, 4.69) is 0 Å². The molecule has 0 spiro atoms. The SMILES string of the molecule is Nc1cc(-c2c(Cl)cc(C(F)(F)F)c[n+]2[O-])ccc1F. The lowest BCUT2D eigenvalue weighted by Crippen LogP contribution is -2.31. The van der Waals surface area contributed by atoms with Crippen LogP contribution in [0, 0.1) is 11.0 Å². The van der Waals surface area contributed by atoms with Crippen LogP contribution in [0.25, 0.3) is 11.3 Å². The summed E-state index contributed by atoms with van der Waals surface area (Å²) in [5.74, 6) is -0.700. The van der Waals surface area contributed by atoms with E-state index in [9.17, 15) is 22.8 Å². The average Bonchev–Trinajstić information content (AvgIpc) is 2.31. The Kier molecular flexibility index (Phi) is 3.47. The molecule has 0 fully saturated rings. The number of benzene rings is 1. The van der Waals surface area contributed by atoms with Crippen molar-refractivity contribution >= 4 is 17.3 Å². The molecule has 2 rings (SSSR count). The van der Waals surface area contributed by atoms with Gasteiger partial charge in [0.1, 0.15) is 16.4 Å². The first kappa shape index (κ1) is 14.4. The van der Waals surface area contributed by atoms with Crippen LogP contribution in [0.1, 0.15) is 5.56 Å². The molecule has 0 aliphatic heterocycles. The van der Waals surface area contributed by atoms with E-state index in [0.717, 1.165) is 12.1 Å². The van der Waals surface area contributed by atoms with Crippen molar-refractivity contribution in [2.45, 2.75) is 6.18 Å². The molecule has 0 saturated carbocycles. The van der Waals surface area contributed by atoms with Crippen LogP contribution in [0.2, 0.25) is 5.02 Å². The van der Waals surface area contributed by atoms with E-state index in [1.165, 1.54) is 6.07 Å². The number of nitrogens with two attached hydrogens (primary N) is 1. The maximum absolute atomic E-state index is 13.0. The molecule has 106 valence electrons. The lowest BCUT2D eigenvalue weighted by atomic mass is 10.1. The second kappa shape index (κ2) is 4.82. The Morgan fingerprint density at radius 3 is 2.35 bits per heavy atom. The van der Waals surface area contributed by atoms with E-state index >= 15 is 0 Å². The van der Waals surface area contributed by atoms with E-state index < -0.39 is 22.6 Å². The fourth-order valence-electron chi connectivity index (χ4n) is 1.65. The summed E-state index contributed by atoms with van der Waals surface area (Å²) in [6.45, 7) is 0. The molecule has 1 aromatic heterocycles. The highest BCUT2D eigenvalue weighted by atomic mass is 35.5. The molecule has 0 amide bonds. The second-order valence-electron chi connectivity index (χ2n) is 3.99. The first-order valence-electron chi connectivity index (χ1n) is 5.25. The summed E-state index contributed by atoms with van der Waals surface area (Å²) >= 11 is 5.71. The number of aromatic nitrogens is 1. The van der Waals surface area contributed by atoms with Crippen LogP contribution in [-0.4, -0.2) is 0 Å². The van der Waals surface area contributed by atoms with Gasteiger partial charge < -0.3 is 10.9 Å². The summed E-state index contributed by atoms with van der Waals surface area (Å²) in [4.78, 5) is 0. The van der Waals surface area contributed by atoms with Gasteiger partial charge in [-0.2, -0.15) is 17.9 Å². The molecule has 8 heteroatoms. The number of anilines is 1. The van der Waals surface area contributed by atoms with Crippen molar-refractivity contribution in [2.75, 3.05) is 5.73 Å². The van der Waals surface area contributed by atoms with E-state index in [4.69, 9.17) is 17.3 Å². The van der Waals surface area contributed by atoms with Crippen molar-refractivity contribution in [3.05, 3.63) is 52.1 Å². The number of nitrogen functional groups attached to an aromatic ring is 1. The Morgan fingerprint density at radius 1 is 1.20 bits per heavy atom. The third-order valence-corrected chi connectivity index (χ3v) is 2.87. The molecular weight excluding hydrogens is 300 g/mol. The minimum absolute atomic E-state index is 0.0160. The van der Waals surface area contributed by atoms with Crippen molar-refractivity contribution in [1.82, 2.24) is 0 Å². The van der Waals surface area contributed by atoms with Crippen molar-refractivity contribution in [3.63, 3.8) is 0 Å². The monoisotopic (exact) mass is 306 g/mol. The maximum Gasteiger partial charge on any atom is 0.422 e. The molecule has 0 bridgehead atoms. The molecule has 0 unspecified atom stereocenters. The molecule has 2 aromatic rings. The van der Waals surface area contributed by atoms with Gasteiger partial charge in [-0.25, -0.2) is 4.39 Å². The van der Waals surface area contributed by atoms with Crippen molar-refractivity contribution < 1.29 is 22.3 Å². The number of alkyl halides is 3. The average molecular weight is 307 g/mol. The van der Waals surface area contributed by atoms with Crippen LogP contribution in [0.3, 0.4) is 0 Å². The van der Waals surface area contributed by atoms with Crippen LogP contribution in [0.5, 0.6) is 0 Å². The summed E-state index contributed by atoms with van der Waals surface area (Å²) in [5, 5.41) is 11.3. The molecule has 0 atom stereocenters. The van der Waals surface area contributed by atoms with Gasteiger partial charge in [0.15, 0.2) is 6.20 Å². The van der Waals surface area contributed by atoms with Gasteiger partial charge in [0.2, 0.25) is 5.69 Å². The van der Waals surface area contributed by atoms with Crippen molar-refractivity contribution in [3.8, 4) is 11.3 Å². The molecule has 0 aliphatic rings. The Morgan fingerprint density at radius 2 is 1.85 bits per heavy atom. The quantitative estimate of drug-likeness (QED) is 0.380. The van der Waals surface area contributed by atoms with E-state index in [1.807, 2.05) is 0 Å². The molecule has 1 heterocycles. The number of halogens is 5. The predicted octanol–water partition coefficient (Wildman–Crippen LogP) is 3.38. The van der Waals surface area contributed by atoms with Gasteiger partial charge in [-0.3, -0.25) is 0 Å². The number of hydrogen-bond acceptors (Lipinski definition) is 2. The lowest BCUT2D eigenvalue weighted by molar-refractivity contribution is -0.594. The zero-order valence-electron chi connectivity index (χ0n) is 9.71. The molecular formula is C12H7ClF4N2O. The summed E-state index contributed by atoms with van der Waals surface area (Å²) < 4.78 is 50.6. The Bertz CT molecular complexity index is 650. The molecule has 0 saturated heterocycles. The predicted molar refractivity (Wildman–Crippen MR) is 65.2 cm³/mol. The number of pyridine rings is 1. The van der Waals surface area contributed by atoms with Gasteiger partial charge in [0.05, 0.1) is 11.3 Å². The summed E-state index contributed by atoms with van der Waals surface area (Å²) in [6, 6.07) is 3.95. The number of nitrogens with zero attached hydrogens (tertiary/aromatic N) is 1. The number of rotatable bonds is 1. The highest BCUT2D eigenvalue weighted by Crippen LogP contribution is 2.33. The van der Waals surface area contributed by atoms with Gasteiger partial charge in [-0.1, -0.05) is 11.6 Å². The normalized spacial score (nSPS) is 11.7. The fourth-order valence-corrected chi connectivity index (χ4v) is 1.96. The van der Waals surface area contributed by atoms with Gasteiger partial charge >= 0.3 is 6.18 Å². The van der Waals surface area contributed by atoms with Crippen molar-refractivity contribution in [1.29, 1.82) is 0 Å². The van der Waals surface area contributed by atoms with E-state index in [0.29, 0.717) is 12.3 Å². The molecule has 0 radical (unpaired) electrons. The van der Waals surface area contributed by atoms with Crippen LogP contribution in [0.4, 0.5) is 23.2 Å². The zero-order valence-corrected chi connectivity index (χ0v) is 10.5. The van der Waals surface area contributed by atoms with E-state index in [1.54, 1.807) is 0 Å². The third-order valence-electron chi connectivity index (χ3n) is 2.58. The highest BCUT2D eigenvalue weighted by Gasteiger charge is 2.35. The lowest BCUT2D eigenvalue weighted by Gasteiger charge is -2.11. The highest BCUT2D eigenvalue weighted by molar-refractivity contribution is 6.32. The van der Waals surface area contributed by atoms with Crippen LogP contribution < -0.4 is 10.5 Å². The van der Waals surface area contributed by atoms with Gasteiger partial charge in [0, 0.05) is 0 Å². The molecule has 1 aromatic carbocycles. The summed E-state index contributed by atoms with van der Waals surface area (Å²) in [7, 11) is 0. The Labute approximate surface area is 115 Å². The second-order valence-corrected chi connectivity index (χ2v) is 4.39. The molecule has 0 aliphatic carbocycles. The standard InChI is InChI=1S/C12H7ClF4N2O/c13-8-4-7(12(15,16)17)5-19(20)11(8)6-1-2-9(14)10(18)3-6/h1-5H,18H2. The first-order valence-corrected chi connectivity index (χ1v) is 5.63. The minimum Gasteiger partial charge on any atom is -0.618 e. The largest absolute Gasteiger partial charge is 0.618 e. The third kappa shape index (κ3) is 2.62. The van der Waals surface area contributed by atoms with Gasteiger partial charge in [-0.05, 0) is 24.3 Å². The summed E-state index contributed by atoms with van der Waals surface area (Å²) in [5.41, 5.74) is 3.83. The van der Waals surface area contributed by atoms with Crippen LogP contribution >= 0.6 is 11.6 Å². The van der Waals surface area contributed by atoms with Crippen LogP contribution in [-0.2, 0) is 6.18 Å². The molecule has 20 heavy (non-hydrogen) atoms. The Hall–Kier alpha value is -2.02. The van der Waals surface area contributed by atoms with Crippen LogP contribution in [0.15, 0.2) is 30.5 Å². The molecule has 2 N–H and O–H groups in total. The van der Waals surface area contributed by atoms with Gasteiger partial charge in [0.25, 0.3) is 0 Å².